The molecule has 0 spiro atoms. The minimum absolute atomic E-state index is 0. The molecule has 12 heavy (non-hydrogen) atoms. The molecule has 0 aromatic carbocycles. The molecule has 5 heteroatoms. The second kappa shape index (κ2) is 4.90. The Bertz CT molecular complexity index is 165. The summed E-state index contributed by atoms with van der Waals surface area (Å²) in [5, 5.41) is 6.27. The fraction of sp³-hybridized carbons (Fsp3) is 0.857. The lowest BCUT2D eigenvalue weighted by atomic mass is 10.1. The molecular formula is C7H14Cl2N2O. The summed E-state index contributed by atoms with van der Waals surface area (Å²) in [6.45, 7) is 0.829. The molecule has 0 aromatic rings. The first kappa shape index (κ1) is 12.0. The fourth-order valence-corrected chi connectivity index (χ4v) is 1.76. The highest BCUT2D eigenvalue weighted by Gasteiger charge is 2.28. The first-order valence-electron chi connectivity index (χ1n) is 3.87. The zero-order valence-electron chi connectivity index (χ0n) is 6.71. The number of amides is 1. The number of halogens is 2. The summed E-state index contributed by atoms with van der Waals surface area (Å²) >= 11 is 0. The van der Waals surface area contributed by atoms with Crippen molar-refractivity contribution >= 4 is 30.7 Å². The van der Waals surface area contributed by atoms with Crippen molar-refractivity contribution in [3.63, 3.8) is 0 Å². The third kappa shape index (κ3) is 2.51. The van der Waals surface area contributed by atoms with Crippen LogP contribution < -0.4 is 10.6 Å². The van der Waals surface area contributed by atoms with E-state index in [-0.39, 0.29) is 30.7 Å². The van der Waals surface area contributed by atoms with Gasteiger partial charge < -0.3 is 10.6 Å². The van der Waals surface area contributed by atoms with Gasteiger partial charge >= 0.3 is 0 Å². The Morgan fingerprint density at radius 2 is 1.83 bits per heavy atom. The van der Waals surface area contributed by atoms with Crippen LogP contribution in [0.5, 0.6) is 0 Å². The molecule has 0 aromatic heterocycles. The number of carbonyl (C=O) groups is 1. The van der Waals surface area contributed by atoms with Crippen molar-refractivity contribution in [1.29, 1.82) is 0 Å². The molecule has 2 bridgehead atoms. The van der Waals surface area contributed by atoms with Crippen molar-refractivity contribution in [2.75, 3.05) is 6.54 Å². The molecule has 2 N–H and O–H groups in total. The molecule has 3 nitrogen and oxygen atoms in total. The molecule has 72 valence electrons. The SMILES string of the molecule is Cl.Cl.O=C1CC2CC[C@@H](CN1)N2. The summed E-state index contributed by atoms with van der Waals surface area (Å²) < 4.78 is 0. The maximum atomic E-state index is 10.9. The molecule has 0 radical (unpaired) electrons. The van der Waals surface area contributed by atoms with Gasteiger partial charge in [-0.3, -0.25) is 4.79 Å². The predicted molar refractivity (Wildman–Crippen MR) is 52.1 cm³/mol. The van der Waals surface area contributed by atoms with E-state index < -0.39 is 0 Å². The molecule has 2 aliphatic rings. The summed E-state index contributed by atoms with van der Waals surface area (Å²) in [6, 6.07) is 1.02. The topological polar surface area (TPSA) is 41.1 Å². The third-order valence-electron chi connectivity index (χ3n) is 2.31. The molecule has 2 atom stereocenters. The van der Waals surface area contributed by atoms with Crippen LogP contribution in [0.4, 0.5) is 0 Å². The highest BCUT2D eigenvalue weighted by Crippen LogP contribution is 2.16. The fourth-order valence-electron chi connectivity index (χ4n) is 1.76. The minimum atomic E-state index is 0. The van der Waals surface area contributed by atoms with E-state index in [4.69, 9.17) is 0 Å². The van der Waals surface area contributed by atoms with E-state index in [0.717, 1.165) is 6.54 Å². The van der Waals surface area contributed by atoms with Crippen LogP contribution in [0.15, 0.2) is 0 Å². The molecular weight excluding hydrogens is 199 g/mol. The summed E-state index contributed by atoms with van der Waals surface area (Å²) in [7, 11) is 0. The number of fused-ring (bicyclic) bond motifs is 2. The van der Waals surface area contributed by atoms with Crippen LogP contribution in [0.2, 0.25) is 0 Å². The minimum Gasteiger partial charge on any atom is -0.354 e. The Balaban J connectivity index is 0.000000605. The van der Waals surface area contributed by atoms with Gasteiger partial charge in [0, 0.05) is 25.0 Å². The van der Waals surface area contributed by atoms with Gasteiger partial charge in [0.25, 0.3) is 0 Å². The van der Waals surface area contributed by atoms with Gasteiger partial charge in [-0.25, -0.2) is 0 Å². The van der Waals surface area contributed by atoms with Gasteiger partial charge in [-0.15, -0.1) is 24.8 Å². The molecule has 2 fully saturated rings. The molecule has 2 saturated heterocycles. The van der Waals surface area contributed by atoms with Crippen LogP contribution in [0, 0.1) is 0 Å². The van der Waals surface area contributed by atoms with E-state index in [9.17, 15) is 4.79 Å². The molecule has 0 saturated carbocycles. The summed E-state index contributed by atoms with van der Waals surface area (Å²) in [5.41, 5.74) is 0. The second-order valence-electron chi connectivity index (χ2n) is 3.15. The van der Waals surface area contributed by atoms with E-state index in [1.165, 1.54) is 12.8 Å². The Labute approximate surface area is 84.5 Å². The maximum Gasteiger partial charge on any atom is 0.221 e. The van der Waals surface area contributed by atoms with Gasteiger partial charge in [0.05, 0.1) is 0 Å². The molecule has 0 aliphatic carbocycles. The van der Waals surface area contributed by atoms with Gasteiger partial charge in [-0.1, -0.05) is 0 Å². The Kier molecular flexibility index (Phi) is 4.90. The van der Waals surface area contributed by atoms with Crippen LogP contribution in [0.3, 0.4) is 0 Å². The number of carbonyl (C=O) groups excluding carboxylic acids is 1. The highest BCUT2D eigenvalue weighted by atomic mass is 35.5. The molecule has 1 unspecified atom stereocenters. The van der Waals surface area contributed by atoms with Crippen molar-refractivity contribution in [3.05, 3.63) is 0 Å². The summed E-state index contributed by atoms with van der Waals surface area (Å²) in [6.07, 6.45) is 3.08. The number of hydrogen-bond acceptors (Lipinski definition) is 2. The molecule has 2 rings (SSSR count). The van der Waals surface area contributed by atoms with Gasteiger partial charge in [0.2, 0.25) is 5.91 Å². The van der Waals surface area contributed by atoms with E-state index in [1.54, 1.807) is 0 Å². The average Bonchev–Trinajstić information content (AvgIpc) is 2.22. The van der Waals surface area contributed by atoms with Crippen molar-refractivity contribution < 1.29 is 4.79 Å². The van der Waals surface area contributed by atoms with Crippen LogP contribution >= 0.6 is 24.8 Å². The lowest BCUT2D eigenvalue weighted by molar-refractivity contribution is -0.121. The van der Waals surface area contributed by atoms with Crippen molar-refractivity contribution in [1.82, 2.24) is 10.6 Å². The number of nitrogens with one attached hydrogen (secondary N) is 2. The lowest BCUT2D eigenvalue weighted by Crippen LogP contribution is -2.33. The molecule has 2 aliphatic heterocycles. The Hall–Kier alpha value is 0.01000. The second-order valence-corrected chi connectivity index (χ2v) is 3.15. The quantitative estimate of drug-likeness (QED) is 0.614. The van der Waals surface area contributed by atoms with Gasteiger partial charge in [0.15, 0.2) is 0 Å². The predicted octanol–water partition coefficient (Wildman–Crippen LogP) is 0.470. The van der Waals surface area contributed by atoms with E-state index in [0.29, 0.717) is 18.5 Å². The first-order valence-corrected chi connectivity index (χ1v) is 3.87. The van der Waals surface area contributed by atoms with E-state index in [1.807, 2.05) is 0 Å². The van der Waals surface area contributed by atoms with Crippen LogP contribution in [0.1, 0.15) is 19.3 Å². The number of rotatable bonds is 0. The zero-order chi connectivity index (χ0) is 6.97. The zero-order valence-corrected chi connectivity index (χ0v) is 8.34. The van der Waals surface area contributed by atoms with Crippen LogP contribution in [-0.4, -0.2) is 24.5 Å². The standard InChI is InChI=1S/C7H12N2O.2ClH/c10-7-3-5-1-2-6(9-5)4-8-7;;/h5-6,9H,1-4H2,(H,8,10);2*1H/t5?,6-;;/m0../s1. The number of hydrogen-bond donors (Lipinski definition) is 2. The van der Waals surface area contributed by atoms with E-state index in [2.05, 4.69) is 10.6 Å². The first-order chi connectivity index (χ1) is 4.84. The van der Waals surface area contributed by atoms with Crippen molar-refractivity contribution in [3.8, 4) is 0 Å². The Morgan fingerprint density at radius 3 is 2.58 bits per heavy atom. The van der Waals surface area contributed by atoms with Gasteiger partial charge in [0.1, 0.15) is 0 Å². The van der Waals surface area contributed by atoms with Crippen LogP contribution in [0.25, 0.3) is 0 Å². The average molecular weight is 213 g/mol. The summed E-state index contributed by atoms with van der Waals surface area (Å²) in [4.78, 5) is 10.9. The normalized spacial score (nSPS) is 32.5. The summed E-state index contributed by atoms with van der Waals surface area (Å²) in [5.74, 6) is 0.208. The largest absolute Gasteiger partial charge is 0.354 e. The molecule has 2 heterocycles. The third-order valence-corrected chi connectivity index (χ3v) is 2.31. The van der Waals surface area contributed by atoms with Crippen LogP contribution in [-0.2, 0) is 4.79 Å². The lowest BCUT2D eigenvalue weighted by Gasteiger charge is -2.06. The smallest absolute Gasteiger partial charge is 0.221 e. The van der Waals surface area contributed by atoms with Gasteiger partial charge in [-0.05, 0) is 12.8 Å². The Morgan fingerprint density at radius 1 is 1.17 bits per heavy atom. The monoisotopic (exact) mass is 212 g/mol. The van der Waals surface area contributed by atoms with Gasteiger partial charge in [-0.2, -0.15) is 0 Å². The van der Waals surface area contributed by atoms with Crippen molar-refractivity contribution in [2.45, 2.75) is 31.3 Å². The molecule has 1 amide bonds. The highest BCUT2D eigenvalue weighted by molar-refractivity contribution is 5.85. The van der Waals surface area contributed by atoms with Crippen molar-refractivity contribution in [2.24, 2.45) is 0 Å². The van der Waals surface area contributed by atoms with E-state index >= 15 is 0 Å². The maximum absolute atomic E-state index is 10.9.